The summed E-state index contributed by atoms with van der Waals surface area (Å²) >= 11 is 0. The van der Waals surface area contributed by atoms with E-state index in [-0.39, 0.29) is 0 Å². The molecule has 0 aliphatic carbocycles. The molecule has 0 saturated carbocycles. The minimum atomic E-state index is 0.627. The van der Waals surface area contributed by atoms with E-state index in [1.54, 1.807) is 23.1 Å². The molecule has 98 valence electrons. The van der Waals surface area contributed by atoms with Gasteiger partial charge in [-0.05, 0) is 23.8 Å². The Morgan fingerprint density at radius 3 is 2.90 bits per heavy atom. The van der Waals surface area contributed by atoms with E-state index >= 15 is 0 Å². The lowest BCUT2D eigenvalue weighted by atomic mass is 10.2. The van der Waals surface area contributed by atoms with E-state index in [2.05, 4.69) is 25.8 Å². The molecular formula is C14H12N6. The molecule has 0 amide bonds. The van der Waals surface area contributed by atoms with E-state index in [4.69, 9.17) is 0 Å². The third kappa shape index (κ3) is 2.86. The first-order valence-electron chi connectivity index (χ1n) is 6.10. The Hall–Kier alpha value is -3.02. The second kappa shape index (κ2) is 5.75. The summed E-state index contributed by atoms with van der Waals surface area (Å²) in [5, 5.41) is 15.9. The SMILES string of the molecule is C(/C=C/c1ccccc1)=NNc1ccc2nncn2n1. The molecule has 1 N–H and O–H groups in total. The van der Waals surface area contributed by atoms with Crippen LogP contribution in [0.25, 0.3) is 11.7 Å². The fourth-order valence-corrected chi connectivity index (χ4v) is 1.65. The van der Waals surface area contributed by atoms with E-state index in [0.717, 1.165) is 5.56 Å². The number of hydrazone groups is 1. The van der Waals surface area contributed by atoms with Crippen molar-refractivity contribution in [3.05, 3.63) is 60.4 Å². The predicted octanol–water partition coefficient (Wildman–Crippen LogP) is 2.24. The molecule has 0 unspecified atom stereocenters. The third-order valence-corrected chi connectivity index (χ3v) is 2.59. The van der Waals surface area contributed by atoms with Gasteiger partial charge in [0.2, 0.25) is 0 Å². The third-order valence-electron chi connectivity index (χ3n) is 2.59. The molecular weight excluding hydrogens is 252 g/mol. The van der Waals surface area contributed by atoms with Gasteiger partial charge in [0.1, 0.15) is 6.33 Å². The van der Waals surface area contributed by atoms with Gasteiger partial charge in [0.25, 0.3) is 0 Å². The maximum Gasteiger partial charge on any atom is 0.177 e. The minimum Gasteiger partial charge on any atom is -0.260 e. The quantitative estimate of drug-likeness (QED) is 0.579. The fourth-order valence-electron chi connectivity index (χ4n) is 1.65. The van der Waals surface area contributed by atoms with E-state index in [0.29, 0.717) is 11.5 Å². The van der Waals surface area contributed by atoms with Crippen molar-refractivity contribution in [1.29, 1.82) is 0 Å². The van der Waals surface area contributed by atoms with Gasteiger partial charge in [0.15, 0.2) is 11.5 Å². The van der Waals surface area contributed by atoms with Gasteiger partial charge in [-0.15, -0.1) is 15.3 Å². The number of fused-ring (bicyclic) bond motifs is 1. The number of anilines is 1. The molecule has 0 aliphatic heterocycles. The Bertz CT molecular complexity index is 744. The smallest absolute Gasteiger partial charge is 0.177 e. The fraction of sp³-hybridized carbons (Fsp3) is 0. The molecule has 1 aromatic carbocycles. The first-order chi connectivity index (χ1) is 9.92. The molecule has 0 atom stereocenters. The van der Waals surface area contributed by atoms with Gasteiger partial charge in [-0.1, -0.05) is 36.4 Å². The summed E-state index contributed by atoms with van der Waals surface area (Å²) in [6.07, 6.45) is 7.05. The number of hydrogen-bond donors (Lipinski definition) is 1. The number of rotatable bonds is 4. The van der Waals surface area contributed by atoms with E-state index in [1.165, 1.54) is 0 Å². The lowest BCUT2D eigenvalue weighted by Crippen LogP contribution is -1.97. The highest BCUT2D eigenvalue weighted by Crippen LogP contribution is 2.04. The minimum absolute atomic E-state index is 0.627. The van der Waals surface area contributed by atoms with Crippen LogP contribution in [0.1, 0.15) is 5.56 Å². The monoisotopic (exact) mass is 264 g/mol. The molecule has 6 nitrogen and oxygen atoms in total. The topological polar surface area (TPSA) is 67.5 Å². The molecule has 20 heavy (non-hydrogen) atoms. The van der Waals surface area contributed by atoms with Crippen LogP contribution in [-0.2, 0) is 0 Å². The average molecular weight is 264 g/mol. The Labute approximate surface area is 115 Å². The maximum atomic E-state index is 4.23. The number of benzene rings is 1. The number of nitrogens with zero attached hydrogens (tertiary/aromatic N) is 5. The van der Waals surface area contributed by atoms with Crippen LogP contribution in [0, 0.1) is 0 Å². The van der Waals surface area contributed by atoms with Crippen molar-refractivity contribution in [2.45, 2.75) is 0 Å². The standard InChI is InChI=1S/C14H12N6/c1-2-5-12(6-3-1)7-4-10-15-17-13-8-9-14-18-16-11-20(14)19-13/h1-11H,(H,17,19)/b7-4+,15-10?. The van der Waals surface area contributed by atoms with Crippen LogP contribution in [0.5, 0.6) is 0 Å². The summed E-state index contributed by atoms with van der Waals surface area (Å²) in [5.74, 6) is 0.627. The molecule has 3 aromatic rings. The number of nitrogens with one attached hydrogen (secondary N) is 1. The molecule has 6 heteroatoms. The molecule has 2 heterocycles. The van der Waals surface area contributed by atoms with Crippen LogP contribution in [0.4, 0.5) is 5.82 Å². The first-order valence-corrected chi connectivity index (χ1v) is 6.10. The number of hydrogen-bond acceptors (Lipinski definition) is 5. The normalized spacial score (nSPS) is 11.6. The van der Waals surface area contributed by atoms with Gasteiger partial charge in [-0.3, -0.25) is 5.43 Å². The van der Waals surface area contributed by atoms with Gasteiger partial charge < -0.3 is 0 Å². The van der Waals surface area contributed by atoms with Gasteiger partial charge in [-0.25, -0.2) is 0 Å². The van der Waals surface area contributed by atoms with Crippen LogP contribution in [-0.4, -0.2) is 26.0 Å². The lowest BCUT2D eigenvalue weighted by molar-refractivity contribution is 0.925. The van der Waals surface area contributed by atoms with Crippen molar-refractivity contribution in [3.8, 4) is 0 Å². The molecule has 0 bridgehead atoms. The van der Waals surface area contributed by atoms with Crippen molar-refractivity contribution in [1.82, 2.24) is 19.8 Å². The summed E-state index contributed by atoms with van der Waals surface area (Å²) in [6.45, 7) is 0. The zero-order valence-electron chi connectivity index (χ0n) is 10.6. The van der Waals surface area contributed by atoms with Crippen LogP contribution in [0.15, 0.2) is 60.0 Å². The largest absolute Gasteiger partial charge is 0.260 e. The molecule has 2 aromatic heterocycles. The molecule has 3 rings (SSSR count). The Morgan fingerprint density at radius 2 is 2.00 bits per heavy atom. The molecule has 0 radical (unpaired) electrons. The van der Waals surface area contributed by atoms with Crippen molar-refractivity contribution in [3.63, 3.8) is 0 Å². The van der Waals surface area contributed by atoms with Crippen LogP contribution in [0.3, 0.4) is 0 Å². The lowest BCUT2D eigenvalue weighted by Gasteiger charge is -1.97. The van der Waals surface area contributed by atoms with Crippen LogP contribution < -0.4 is 5.43 Å². The molecule has 0 fully saturated rings. The van der Waals surface area contributed by atoms with Gasteiger partial charge in [0, 0.05) is 6.21 Å². The van der Waals surface area contributed by atoms with Crippen LogP contribution >= 0.6 is 0 Å². The second-order valence-electron chi connectivity index (χ2n) is 4.01. The Morgan fingerprint density at radius 1 is 1.10 bits per heavy atom. The van der Waals surface area contributed by atoms with Gasteiger partial charge in [-0.2, -0.15) is 9.62 Å². The van der Waals surface area contributed by atoms with Crippen LogP contribution in [0.2, 0.25) is 0 Å². The predicted molar refractivity (Wildman–Crippen MR) is 78.4 cm³/mol. The first kappa shape index (κ1) is 12.0. The number of allylic oxidation sites excluding steroid dienone is 1. The molecule has 0 aliphatic rings. The van der Waals surface area contributed by atoms with Crippen molar-refractivity contribution in [2.75, 3.05) is 5.43 Å². The highest BCUT2D eigenvalue weighted by molar-refractivity contribution is 5.78. The van der Waals surface area contributed by atoms with Crippen molar-refractivity contribution >= 4 is 23.8 Å². The average Bonchev–Trinajstić information content (AvgIpc) is 2.95. The highest BCUT2D eigenvalue weighted by Gasteiger charge is 1.96. The summed E-state index contributed by atoms with van der Waals surface area (Å²) in [4.78, 5) is 0. The zero-order valence-corrected chi connectivity index (χ0v) is 10.6. The molecule has 0 saturated heterocycles. The summed E-state index contributed by atoms with van der Waals surface area (Å²) in [7, 11) is 0. The van der Waals surface area contributed by atoms with E-state index < -0.39 is 0 Å². The summed E-state index contributed by atoms with van der Waals surface area (Å²) in [5.41, 5.74) is 4.67. The Balaban J connectivity index is 1.61. The molecule has 0 spiro atoms. The van der Waals surface area contributed by atoms with E-state index in [9.17, 15) is 0 Å². The second-order valence-corrected chi connectivity index (χ2v) is 4.01. The maximum absolute atomic E-state index is 4.23. The Kier molecular flexibility index (Phi) is 3.46. The number of aromatic nitrogens is 4. The van der Waals surface area contributed by atoms with Crippen molar-refractivity contribution < 1.29 is 0 Å². The highest BCUT2D eigenvalue weighted by atomic mass is 15.4. The van der Waals surface area contributed by atoms with Gasteiger partial charge in [0.05, 0.1) is 0 Å². The zero-order chi connectivity index (χ0) is 13.6. The van der Waals surface area contributed by atoms with Gasteiger partial charge >= 0.3 is 0 Å². The van der Waals surface area contributed by atoms with E-state index in [1.807, 2.05) is 48.6 Å². The summed E-state index contributed by atoms with van der Waals surface area (Å²) < 4.78 is 1.58. The summed E-state index contributed by atoms with van der Waals surface area (Å²) in [6, 6.07) is 13.6. The van der Waals surface area contributed by atoms with Crippen molar-refractivity contribution in [2.24, 2.45) is 5.10 Å².